The van der Waals surface area contributed by atoms with Crippen molar-refractivity contribution < 1.29 is 13.9 Å². The van der Waals surface area contributed by atoms with Crippen molar-refractivity contribution in [1.29, 1.82) is 0 Å². The topological polar surface area (TPSA) is 21.7 Å². The lowest BCUT2D eigenvalue weighted by molar-refractivity contribution is -0.0565. The summed E-state index contributed by atoms with van der Waals surface area (Å²) in [6, 6.07) is 5.12. The Kier molecular flexibility index (Phi) is 4.77. The fraction of sp³-hybridized carbons (Fsp3) is 0.600. The lowest BCUT2D eigenvalue weighted by Crippen LogP contribution is -2.47. The van der Waals surface area contributed by atoms with Crippen LogP contribution in [0.5, 0.6) is 5.75 Å². The first-order chi connectivity index (χ1) is 9.06. The molecule has 0 aromatic heterocycles. The number of hydrogen-bond acceptors (Lipinski definition) is 3. The molecule has 0 aliphatic carbocycles. The number of rotatable bonds is 4. The standard InChI is InChI=1S/C15H22FNO2/c1-11(2)17-6-7-18-14(9-17)10-19-15-8-13(16)5-4-12(15)3/h4-5,8,11,14H,6-7,9-10H2,1-3H3. The first kappa shape index (κ1) is 14.3. The quantitative estimate of drug-likeness (QED) is 0.837. The second kappa shape index (κ2) is 6.35. The van der Waals surface area contributed by atoms with Crippen molar-refractivity contribution >= 4 is 0 Å². The molecule has 1 aromatic rings. The third-order valence-electron chi connectivity index (χ3n) is 3.48. The largest absolute Gasteiger partial charge is 0.490 e. The van der Waals surface area contributed by atoms with Gasteiger partial charge in [-0.2, -0.15) is 0 Å². The highest BCUT2D eigenvalue weighted by molar-refractivity contribution is 5.32. The molecule has 0 bridgehead atoms. The summed E-state index contributed by atoms with van der Waals surface area (Å²) in [5, 5.41) is 0. The first-order valence-electron chi connectivity index (χ1n) is 6.81. The number of nitrogens with zero attached hydrogens (tertiary/aromatic N) is 1. The molecule has 1 aliphatic rings. The van der Waals surface area contributed by atoms with Crippen LogP contribution in [0.1, 0.15) is 19.4 Å². The third kappa shape index (κ3) is 3.91. The van der Waals surface area contributed by atoms with Gasteiger partial charge in [-0.05, 0) is 32.4 Å². The van der Waals surface area contributed by atoms with E-state index in [1.165, 1.54) is 12.1 Å². The van der Waals surface area contributed by atoms with Crippen molar-refractivity contribution in [2.24, 2.45) is 0 Å². The average Bonchev–Trinajstić information content (AvgIpc) is 2.40. The maximum absolute atomic E-state index is 13.2. The predicted molar refractivity (Wildman–Crippen MR) is 73.1 cm³/mol. The molecule has 2 rings (SSSR count). The van der Waals surface area contributed by atoms with Crippen molar-refractivity contribution in [3.63, 3.8) is 0 Å². The van der Waals surface area contributed by atoms with E-state index < -0.39 is 0 Å². The molecule has 19 heavy (non-hydrogen) atoms. The summed E-state index contributed by atoms with van der Waals surface area (Å²) < 4.78 is 24.5. The fourth-order valence-corrected chi connectivity index (χ4v) is 2.22. The fourth-order valence-electron chi connectivity index (χ4n) is 2.22. The van der Waals surface area contributed by atoms with E-state index in [-0.39, 0.29) is 11.9 Å². The van der Waals surface area contributed by atoms with Crippen molar-refractivity contribution in [3.05, 3.63) is 29.6 Å². The second-order valence-corrected chi connectivity index (χ2v) is 5.30. The van der Waals surface area contributed by atoms with Gasteiger partial charge in [0, 0.05) is 25.2 Å². The van der Waals surface area contributed by atoms with Crippen molar-refractivity contribution in [2.45, 2.75) is 32.9 Å². The van der Waals surface area contributed by atoms with Gasteiger partial charge in [-0.15, -0.1) is 0 Å². The van der Waals surface area contributed by atoms with Gasteiger partial charge in [0.25, 0.3) is 0 Å². The van der Waals surface area contributed by atoms with E-state index in [9.17, 15) is 4.39 Å². The number of hydrogen-bond donors (Lipinski definition) is 0. The van der Waals surface area contributed by atoms with E-state index in [2.05, 4.69) is 18.7 Å². The minimum Gasteiger partial charge on any atom is -0.490 e. The summed E-state index contributed by atoms with van der Waals surface area (Å²) in [6.45, 7) is 9.30. The molecule has 1 aromatic carbocycles. The van der Waals surface area contributed by atoms with Gasteiger partial charge >= 0.3 is 0 Å². The Bertz CT molecular complexity index is 423. The zero-order valence-corrected chi connectivity index (χ0v) is 11.9. The number of benzene rings is 1. The molecule has 0 saturated carbocycles. The molecule has 1 atom stereocenters. The Hall–Kier alpha value is -1.13. The summed E-state index contributed by atoms with van der Waals surface area (Å²) in [4.78, 5) is 2.37. The van der Waals surface area contributed by atoms with Crippen LogP contribution in [0.15, 0.2) is 18.2 Å². The molecule has 1 saturated heterocycles. The van der Waals surface area contributed by atoms with Crippen LogP contribution < -0.4 is 4.74 Å². The van der Waals surface area contributed by atoms with Crippen LogP contribution in [0.4, 0.5) is 4.39 Å². The molecular weight excluding hydrogens is 245 g/mol. The van der Waals surface area contributed by atoms with Gasteiger partial charge in [0.1, 0.15) is 24.3 Å². The Morgan fingerprint density at radius 2 is 2.26 bits per heavy atom. The molecule has 3 nitrogen and oxygen atoms in total. The molecule has 0 radical (unpaired) electrons. The summed E-state index contributed by atoms with van der Waals surface area (Å²) in [5.41, 5.74) is 0.943. The molecule has 0 amide bonds. The van der Waals surface area contributed by atoms with E-state index >= 15 is 0 Å². The molecule has 0 spiro atoms. The van der Waals surface area contributed by atoms with Crippen LogP contribution >= 0.6 is 0 Å². The third-order valence-corrected chi connectivity index (χ3v) is 3.48. The van der Waals surface area contributed by atoms with E-state index in [0.29, 0.717) is 18.4 Å². The van der Waals surface area contributed by atoms with Crippen LogP contribution in [-0.2, 0) is 4.74 Å². The van der Waals surface area contributed by atoms with E-state index in [4.69, 9.17) is 9.47 Å². The van der Waals surface area contributed by atoms with Gasteiger partial charge < -0.3 is 9.47 Å². The molecule has 4 heteroatoms. The van der Waals surface area contributed by atoms with Crippen LogP contribution in [-0.4, -0.2) is 43.3 Å². The van der Waals surface area contributed by atoms with E-state index in [0.717, 1.165) is 25.3 Å². The molecule has 1 aliphatic heterocycles. The highest BCUT2D eigenvalue weighted by atomic mass is 19.1. The van der Waals surface area contributed by atoms with Crippen LogP contribution in [0.3, 0.4) is 0 Å². The monoisotopic (exact) mass is 267 g/mol. The van der Waals surface area contributed by atoms with Gasteiger partial charge in [-0.25, -0.2) is 4.39 Å². The van der Waals surface area contributed by atoms with Gasteiger partial charge in [0.05, 0.1) is 6.61 Å². The Labute approximate surface area is 114 Å². The lowest BCUT2D eigenvalue weighted by atomic mass is 10.2. The SMILES string of the molecule is Cc1ccc(F)cc1OCC1CN(C(C)C)CCO1. The van der Waals surface area contributed by atoms with E-state index in [1.54, 1.807) is 6.07 Å². The van der Waals surface area contributed by atoms with Crippen LogP contribution in [0.25, 0.3) is 0 Å². The van der Waals surface area contributed by atoms with E-state index in [1.807, 2.05) is 6.92 Å². The maximum Gasteiger partial charge on any atom is 0.126 e. The highest BCUT2D eigenvalue weighted by Gasteiger charge is 2.22. The van der Waals surface area contributed by atoms with Gasteiger partial charge in [0.2, 0.25) is 0 Å². The number of ether oxygens (including phenoxy) is 2. The summed E-state index contributed by atoms with van der Waals surface area (Å²) >= 11 is 0. The minimum atomic E-state index is -0.269. The summed E-state index contributed by atoms with van der Waals surface area (Å²) in [7, 11) is 0. The normalized spacial score (nSPS) is 20.8. The summed E-state index contributed by atoms with van der Waals surface area (Å²) in [5.74, 6) is 0.333. The summed E-state index contributed by atoms with van der Waals surface area (Å²) in [6.07, 6.45) is 0.0545. The van der Waals surface area contributed by atoms with Crippen molar-refractivity contribution in [3.8, 4) is 5.75 Å². The Morgan fingerprint density at radius 1 is 1.47 bits per heavy atom. The number of aryl methyl sites for hydroxylation is 1. The second-order valence-electron chi connectivity index (χ2n) is 5.30. The molecule has 1 unspecified atom stereocenters. The Morgan fingerprint density at radius 3 is 3.00 bits per heavy atom. The predicted octanol–water partition coefficient (Wildman–Crippen LogP) is 2.62. The van der Waals surface area contributed by atoms with Crippen molar-refractivity contribution in [1.82, 2.24) is 4.90 Å². The van der Waals surface area contributed by atoms with Gasteiger partial charge in [0.15, 0.2) is 0 Å². The maximum atomic E-state index is 13.2. The highest BCUT2D eigenvalue weighted by Crippen LogP contribution is 2.19. The number of halogens is 1. The average molecular weight is 267 g/mol. The first-order valence-corrected chi connectivity index (χ1v) is 6.81. The molecule has 1 heterocycles. The van der Waals surface area contributed by atoms with Gasteiger partial charge in [-0.3, -0.25) is 4.90 Å². The number of morpholine rings is 1. The zero-order valence-electron chi connectivity index (χ0n) is 11.9. The Balaban J connectivity index is 1.89. The molecule has 1 fully saturated rings. The molecule has 106 valence electrons. The lowest BCUT2D eigenvalue weighted by Gasteiger charge is -2.35. The minimum absolute atomic E-state index is 0.0545. The van der Waals surface area contributed by atoms with Crippen LogP contribution in [0, 0.1) is 12.7 Å². The van der Waals surface area contributed by atoms with Gasteiger partial charge in [-0.1, -0.05) is 6.07 Å². The smallest absolute Gasteiger partial charge is 0.126 e. The van der Waals surface area contributed by atoms with Crippen LogP contribution in [0.2, 0.25) is 0 Å². The van der Waals surface area contributed by atoms with Crippen molar-refractivity contribution in [2.75, 3.05) is 26.3 Å². The molecule has 0 N–H and O–H groups in total. The molecular formula is C15H22FNO2. The zero-order chi connectivity index (χ0) is 13.8.